The maximum Gasteiger partial charge on any atom is 0.259 e. The molecule has 2 aromatic heterocycles. The van der Waals surface area contributed by atoms with Gasteiger partial charge in [-0.3, -0.25) is 9.69 Å². The zero-order chi connectivity index (χ0) is 22.6. The molecule has 0 bridgehead atoms. The molecule has 0 atom stereocenters. The summed E-state index contributed by atoms with van der Waals surface area (Å²) in [6, 6.07) is 4.40. The molecule has 8 nitrogen and oxygen atoms in total. The normalized spacial score (nSPS) is 19.5. The SMILES string of the molecule is CCCOc1ncccc1C(=O)N1CCc2cnc(N3CCN(C4CCC4)CC3)nc2CC1. The lowest BCUT2D eigenvalue weighted by molar-refractivity contribution is 0.0757. The highest BCUT2D eigenvalue weighted by Crippen LogP contribution is 2.27. The molecule has 2 aromatic rings. The van der Waals surface area contributed by atoms with E-state index < -0.39 is 0 Å². The minimum absolute atomic E-state index is 0.0256. The lowest BCUT2D eigenvalue weighted by atomic mass is 9.91. The number of ether oxygens (including phenoxy) is 1. The van der Waals surface area contributed by atoms with E-state index in [1.54, 1.807) is 18.3 Å². The molecule has 0 spiro atoms. The van der Waals surface area contributed by atoms with Crippen molar-refractivity contribution in [1.82, 2.24) is 24.8 Å². The number of pyridine rings is 1. The first-order valence-corrected chi connectivity index (χ1v) is 12.4. The Morgan fingerprint density at radius 3 is 2.67 bits per heavy atom. The van der Waals surface area contributed by atoms with Crippen LogP contribution in [0.1, 0.15) is 54.2 Å². The van der Waals surface area contributed by atoms with Gasteiger partial charge in [0.05, 0.1) is 12.3 Å². The summed E-state index contributed by atoms with van der Waals surface area (Å²) in [6.07, 6.45) is 10.1. The third-order valence-corrected chi connectivity index (χ3v) is 7.13. The van der Waals surface area contributed by atoms with Crippen molar-refractivity contribution in [3.05, 3.63) is 41.3 Å². The van der Waals surface area contributed by atoms with Crippen LogP contribution >= 0.6 is 0 Å². The smallest absolute Gasteiger partial charge is 0.259 e. The maximum atomic E-state index is 13.3. The summed E-state index contributed by atoms with van der Waals surface area (Å²) in [5.74, 6) is 1.24. The minimum Gasteiger partial charge on any atom is -0.477 e. The standard InChI is InChI=1S/C25H34N6O2/c1-2-17-33-23-21(7-4-10-26-23)24(32)30-11-8-19-18-27-25(28-22(19)9-12-30)31-15-13-29(14-16-31)20-5-3-6-20/h4,7,10,18,20H,2-3,5-6,8-9,11-17H2,1H3. The van der Waals surface area contributed by atoms with Crippen LogP contribution in [0.4, 0.5) is 5.95 Å². The Hall–Kier alpha value is -2.74. The molecule has 33 heavy (non-hydrogen) atoms. The van der Waals surface area contributed by atoms with E-state index in [0.29, 0.717) is 31.1 Å². The van der Waals surface area contributed by atoms with E-state index >= 15 is 0 Å². The molecule has 176 valence electrons. The van der Waals surface area contributed by atoms with Crippen molar-refractivity contribution in [3.63, 3.8) is 0 Å². The molecule has 0 unspecified atom stereocenters. The van der Waals surface area contributed by atoms with E-state index in [1.807, 2.05) is 18.0 Å². The Kier molecular flexibility index (Phi) is 6.71. The number of carbonyl (C=O) groups is 1. The van der Waals surface area contributed by atoms with Gasteiger partial charge in [-0.15, -0.1) is 0 Å². The summed E-state index contributed by atoms with van der Waals surface area (Å²) in [5, 5.41) is 0. The van der Waals surface area contributed by atoms with E-state index in [9.17, 15) is 4.79 Å². The Bertz CT molecular complexity index is 971. The number of anilines is 1. The second-order valence-corrected chi connectivity index (χ2v) is 9.25. The predicted molar refractivity (Wildman–Crippen MR) is 127 cm³/mol. The van der Waals surface area contributed by atoms with E-state index in [0.717, 1.165) is 68.7 Å². The average Bonchev–Trinajstić information content (AvgIpc) is 3.04. The Labute approximate surface area is 196 Å². The molecular weight excluding hydrogens is 416 g/mol. The van der Waals surface area contributed by atoms with E-state index in [-0.39, 0.29) is 5.91 Å². The van der Waals surface area contributed by atoms with Gasteiger partial charge in [0.2, 0.25) is 11.8 Å². The number of aromatic nitrogens is 3. The number of hydrogen-bond donors (Lipinski definition) is 0. The van der Waals surface area contributed by atoms with Crippen LogP contribution < -0.4 is 9.64 Å². The zero-order valence-electron chi connectivity index (χ0n) is 19.6. The number of nitrogens with zero attached hydrogens (tertiary/aromatic N) is 6. The molecule has 0 N–H and O–H groups in total. The summed E-state index contributed by atoms with van der Waals surface area (Å²) < 4.78 is 5.72. The minimum atomic E-state index is -0.0256. The third-order valence-electron chi connectivity index (χ3n) is 7.13. The van der Waals surface area contributed by atoms with Gasteiger partial charge in [0.15, 0.2) is 0 Å². The van der Waals surface area contributed by atoms with Crippen molar-refractivity contribution in [3.8, 4) is 5.88 Å². The van der Waals surface area contributed by atoms with Crippen LogP contribution in [0.15, 0.2) is 24.5 Å². The number of piperazine rings is 1. The van der Waals surface area contributed by atoms with E-state index in [4.69, 9.17) is 14.7 Å². The molecule has 8 heteroatoms. The number of rotatable bonds is 6. The van der Waals surface area contributed by atoms with Gasteiger partial charge in [0.1, 0.15) is 5.56 Å². The molecule has 1 amide bonds. The monoisotopic (exact) mass is 450 g/mol. The van der Waals surface area contributed by atoms with Crippen LogP contribution in [-0.2, 0) is 12.8 Å². The first-order chi connectivity index (χ1) is 16.2. The van der Waals surface area contributed by atoms with Crippen LogP contribution in [0.25, 0.3) is 0 Å². The highest BCUT2D eigenvalue weighted by molar-refractivity contribution is 5.96. The van der Waals surface area contributed by atoms with Gasteiger partial charge in [0, 0.05) is 64.1 Å². The van der Waals surface area contributed by atoms with Crippen LogP contribution in [0.3, 0.4) is 0 Å². The van der Waals surface area contributed by atoms with Crippen molar-refractivity contribution < 1.29 is 9.53 Å². The quantitative estimate of drug-likeness (QED) is 0.670. The molecule has 5 rings (SSSR count). The van der Waals surface area contributed by atoms with Crippen molar-refractivity contribution in [2.45, 2.75) is 51.5 Å². The molecule has 0 aromatic carbocycles. The van der Waals surface area contributed by atoms with Crippen molar-refractivity contribution in [2.24, 2.45) is 0 Å². The molecule has 2 fully saturated rings. The average molecular weight is 451 g/mol. The van der Waals surface area contributed by atoms with Gasteiger partial charge in [-0.05, 0) is 43.4 Å². The highest BCUT2D eigenvalue weighted by Gasteiger charge is 2.29. The Morgan fingerprint density at radius 1 is 1.09 bits per heavy atom. The maximum absolute atomic E-state index is 13.3. The first-order valence-electron chi connectivity index (χ1n) is 12.4. The molecule has 1 saturated heterocycles. The van der Waals surface area contributed by atoms with Crippen LogP contribution in [0.5, 0.6) is 5.88 Å². The number of fused-ring (bicyclic) bond motifs is 1. The fourth-order valence-corrected chi connectivity index (χ4v) is 4.90. The third kappa shape index (κ3) is 4.81. The van der Waals surface area contributed by atoms with Crippen LogP contribution in [0, 0.1) is 0 Å². The van der Waals surface area contributed by atoms with Gasteiger partial charge in [0.25, 0.3) is 5.91 Å². The molecular formula is C25H34N6O2. The lowest BCUT2D eigenvalue weighted by Gasteiger charge is -2.43. The molecule has 0 radical (unpaired) electrons. The number of carbonyl (C=O) groups excluding carboxylic acids is 1. The van der Waals surface area contributed by atoms with Crippen molar-refractivity contribution in [2.75, 3.05) is 50.8 Å². The largest absolute Gasteiger partial charge is 0.477 e. The molecule has 1 saturated carbocycles. The molecule has 2 aliphatic heterocycles. The summed E-state index contributed by atoms with van der Waals surface area (Å²) in [6.45, 7) is 8.05. The van der Waals surface area contributed by atoms with Crippen molar-refractivity contribution >= 4 is 11.9 Å². The zero-order valence-corrected chi connectivity index (χ0v) is 19.6. The fourth-order valence-electron chi connectivity index (χ4n) is 4.90. The Morgan fingerprint density at radius 2 is 1.91 bits per heavy atom. The fraction of sp³-hybridized carbons (Fsp3) is 0.600. The second kappa shape index (κ2) is 10.0. The van der Waals surface area contributed by atoms with Gasteiger partial charge in [-0.25, -0.2) is 15.0 Å². The van der Waals surface area contributed by atoms with Gasteiger partial charge >= 0.3 is 0 Å². The molecule has 4 heterocycles. The first kappa shape index (κ1) is 22.1. The molecule has 1 aliphatic carbocycles. The van der Waals surface area contributed by atoms with E-state index in [2.05, 4.69) is 14.8 Å². The topological polar surface area (TPSA) is 74.7 Å². The predicted octanol–water partition coefficient (Wildman–Crippen LogP) is 2.58. The van der Waals surface area contributed by atoms with Crippen LogP contribution in [-0.4, -0.2) is 82.6 Å². The lowest BCUT2D eigenvalue weighted by Crippen LogP contribution is -2.52. The summed E-state index contributed by atoms with van der Waals surface area (Å²) >= 11 is 0. The number of hydrogen-bond acceptors (Lipinski definition) is 7. The van der Waals surface area contributed by atoms with Crippen molar-refractivity contribution in [1.29, 1.82) is 0 Å². The van der Waals surface area contributed by atoms with Gasteiger partial charge < -0.3 is 14.5 Å². The Balaban J connectivity index is 1.23. The van der Waals surface area contributed by atoms with E-state index in [1.165, 1.54) is 19.3 Å². The summed E-state index contributed by atoms with van der Waals surface area (Å²) in [4.78, 5) is 34.0. The van der Waals surface area contributed by atoms with Crippen LogP contribution in [0.2, 0.25) is 0 Å². The number of amides is 1. The van der Waals surface area contributed by atoms with Gasteiger partial charge in [-0.1, -0.05) is 13.3 Å². The summed E-state index contributed by atoms with van der Waals surface area (Å²) in [7, 11) is 0. The summed E-state index contributed by atoms with van der Waals surface area (Å²) in [5.41, 5.74) is 2.76. The highest BCUT2D eigenvalue weighted by atomic mass is 16.5. The second-order valence-electron chi connectivity index (χ2n) is 9.25. The molecule has 3 aliphatic rings. The van der Waals surface area contributed by atoms with Gasteiger partial charge in [-0.2, -0.15) is 0 Å².